The number of hydrogen-bond donors (Lipinski definition) is 1. The van der Waals surface area contributed by atoms with Gasteiger partial charge in [0.2, 0.25) is 0 Å². The van der Waals surface area contributed by atoms with Crippen LogP contribution in [0.4, 0.5) is 14.5 Å². The number of nitrogens with one attached hydrogen (secondary N) is 1. The van der Waals surface area contributed by atoms with Crippen LogP contribution in [0.1, 0.15) is 38.7 Å². The summed E-state index contributed by atoms with van der Waals surface area (Å²) < 4.78 is 33.8. The Labute approximate surface area is 164 Å². The van der Waals surface area contributed by atoms with E-state index in [1.165, 1.54) is 6.26 Å². The van der Waals surface area contributed by atoms with E-state index in [-0.39, 0.29) is 23.8 Å². The van der Waals surface area contributed by atoms with Gasteiger partial charge in [-0.25, -0.2) is 8.78 Å². The molecular weight excluding hydrogens is 382 g/mol. The first-order valence-electron chi connectivity index (χ1n) is 9.09. The Balaban J connectivity index is 1.53. The predicted octanol–water partition coefficient (Wildman–Crippen LogP) is 3.36. The number of aromatic nitrogens is 2. The van der Waals surface area contributed by atoms with Gasteiger partial charge in [0.1, 0.15) is 11.6 Å². The Kier molecular flexibility index (Phi) is 4.87. The molecule has 0 radical (unpaired) electrons. The normalized spacial score (nSPS) is 13.7. The van der Waals surface area contributed by atoms with E-state index in [4.69, 9.17) is 4.42 Å². The summed E-state index contributed by atoms with van der Waals surface area (Å²) in [5, 5.41) is 6.67. The molecule has 1 aliphatic rings. The van der Waals surface area contributed by atoms with E-state index in [1.54, 1.807) is 28.6 Å². The van der Waals surface area contributed by atoms with Gasteiger partial charge < -0.3 is 14.6 Å². The highest BCUT2D eigenvalue weighted by atomic mass is 19.1. The summed E-state index contributed by atoms with van der Waals surface area (Å²) in [7, 11) is 0. The molecule has 0 aliphatic carbocycles. The zero-order chi connectivity index (χ0) is 20.5. The van der Waals surface area contributed by atoms with Crippen LogP contribution in [-0.2, 0) is 13.1 Å². The first-order valence-corrected chi connectivity index (χ1v) is 9.09. The molecule has 150 valence electrons. The SMILES string of the molecule is Cc1ccoc1C(=O)N1CCCn2nc(C(=O)Nc3ccc(F)cc3F)cc2C1. The number of carbonyl (C=O) groups excluding carboxylic acids is 2. The molecule has 0 fully saturated rings. The average Bonchev–Trinajstić information content (AvgIpc) is 3.24. The number of rotatable bonds is 3. The lowest BCUT2D eigenvalue weighted by Crippen LogP contribution is -2.30. The Morgan fingerprint density at radius 3 is 2.72 bits per heavy atom. The van der Waals surface area contributed by atoms with Crippen molar-refractivity contribution in [1.29, 1.82) is 0 Å². The molecule has 0 spiro atoms. The van der Waals surface area contributed by atoms with E-state index in [2.05, 4.69) is 10.4 Å². The smallest absolute Gasteiger partial charge is 0.290 e. The fraction of sp³-hybridized carbons (Fsp3) is 0.250. The quantitative estimate of drug-likeness (QED) is 0.731. The van der Waals surface area contributed by atoms with Crippen LogP contribution in [0.15, 0.2) is 41.0 Å². The molecule has 1 aromatic carbocycles. The molecule has 1 aliphatic heterocycles. The Hall–Kier alpha value is -3.49. The molecule has 2 amide bonds. The third kappa shape index (κ3) is 3.75. The van der Waals surface area contributed by atoms with Crippen molar-refractivity contribution in [3.05, 3.63) is 70.9 Å². The highest BCUT2D eigenvalue weighted by Crippen LogP contribution is 2.20. The van der Waals surface area contributed by atoms with Crippen LogP contribution in [0.3, 0.4) is 0 Å². The van der Waals surface area contributed by atoms with Gasteiger partial charge >= 0.3 is 0 Å². The molecule has 0 atom stereocenters. The van der Waals surface area contributed by atoms with Crippen LogP contribution in [0.5, 0.6) is 0 Å². The minimum atomic E-state index is -0.871. The van der Waals surface area contributed by atoms with Gasteiger partial charge in [0.05, 0.1) is 24.2 Å². The molecule has 0 bridgehead atoms. The van der Waals surface area contributed by atoms with Gasteiger partial charge in [0, 0.05) is 24.7 Å². The highest BCUT2D eigenvalue weighted by Gasteiger charge is 2.25. The summed E-state index contributed by atoms with van der Waals surface area (Å²) in [6, 6.07) is 6.19. The number of halogens is 2. The molecule has 1 N–H and O–H groups in total. The number of carbonyl (C=O) groups is 2. The van der Waals surface area contributed by atoms with Crippen LogP contribution < -0.4 is 5.32 Å². The van der Waals surface area contributed by atoms with Crippen LogP contribution in [-0.4, -0.2) is 33.0 Å². The lowest BCUT2D eigenvalue weighted by atomic mass is 10.2. The fourth-order valence-electron chi connectivity index (χ4n) is 3.26. The zero-order valence-electron chi connectivity index (χ0n) is 15.6. The van der Waals surface area contributed by atoms with E-state index in [0.717, 1.165) is 17.7 Å². The van der Waals surface area contributed by atoms with Gasteiger partial charge in [0.15, 0.2) is 11.5 Å². The second-order valence-electron chi connectivity index (χ2n) is 6.84. The average molecular weight is 400 g/mol. The number of hydrogen-bond acceptors (Lipinski definition) is 4. The minimum Gasteiger partial charge on any atom is -0.459 e. The number of amides is 2. The van der Waals surface area contributed by atoms with Crippen LogP contribution in [0, 0.1) is 18.6 Å². The van der Waals surface area contributed by atoms with Crippen LogP contribution >= 0.6 is 0 Å². The molecule has 2 aromatic heterocycles. The zero-order valence-corrected chi connectivity index (χ0v) is 15.6. The summed E-state index contributed by atoms with van der Waals surface area (Å²) in [5.41, 5.74) is 1.40. The third-order valence-corrected chi connectivity index (χ3v) is 4.77. The summed E-state index contributed by atoms with van der Waals surface area (Å²) in [6.45, 7) is 3.14. The van der Waals surface area contributed by atoms with E-state index >= 15 is 0 Å². The van der Waals surface area contributed by atoms with Crippen molar-refractivity contribution in [2.75, 3.05) is 11.9 Å². The largest absolute Gasteiger partial charge is 0.459 e. The van der Waals surface area contributed by atoms with E-state index in [1.807, 2.05) is 0 Å². The number of furan rings is 1. The molecule has 7 nitrogen and oxygen atoms in total. The van der Waals surface area contributed by atoms with Crippen molar-refractivity contribution in [2.24, 2.45) is 0 Å². The minimum absolute atomic E-state index is 0.0900. The van der Waals surface area contributed by atoms with Crippen LogP contribution in [0.2, 0.25) is 0 Å². The summed E-state index contributed by atoms with van der Waals surface area (Å²) in [5.74, 6) is -2.14. The molecule has 0 unspecified atom stereocenters. The molecule has 0 saturated carbocycles. The predicted molar refractivity (Wildman–Crippen MR) is 99.3 cm³/mol. The second kappa shape index (κ2) is 7.50. The van der Waals surface area contributed by atoms with Gasteiger partial charge in [-0.3, -0.25) is 14.3 Å². The maximum Gasteiger partial charge on any atom is 0.290 e. The highest BCUT2D eigenvalue weighted by molar-refractivity contribution is 6.03. The maximum absolute atomic E-state index is 13.8. The van der Waals surface area contributed by atoms with Crippen molar-refractivity contribution in [3.63, 3.8) is 0 Å². The topological polar surface area (TPSA) is 80.4 Å². The summed E-state index contributed by atoms with van der Waals surface area (Å²) in [4.78, 5) is 26.8. The van der Waals surface area contributed by atoms with Crippen molar-refractivity contribution in [2.45, 2.75) is 26.4 Å². The van der Waals surface area contributed by atoms with Crippen molar-refractivity contribution < 1.29 is 22.8 Å². The first kappa shape index (κ1) is 18.9. The first-order chi connectivity index (χ1) is 13.9. The summed E-state index contributed by atoms with van der Waals surface area (Å²) >= 11 is 0. The second-order valence-corrected chi connectivity index (χ2v) is 6.84. The van der Waals surface area contributed by atoms with Gasteiger partial charge in [-0.1, -0.05) is 0 Å². The van der Waals surface area contributed by atoms with Gasteiger partial charge in [-0.2, -0.15) is 5.10 Å². The molecule has 3 heterocycles. The van der Waals surface area contributed by atoms with Gasteiger partial charge in [0.25, 0.3) is 11.8 Å². The molecule has 0 saturated heterocycles. The monoisotopic (exact) mass is 400 g/mol. The van der Waals surface area contributed by atoms with Gasteiger partial charge in [-0.15, -0.1) is 0 Å². The molecule has 3 aromatic rings. The Morgan fingerprint density at radius 1 is 1.17 bits per heavy atom. The van der Waals surface area contributed by atoms with E-state index < -0.39 is 17.5 Å². The maximum atomic E-state index is 13.8. The van der Waals surface area contributed by atoms with Crippen molar-refractivity contribution in [1.82, 2.24) is 14.7 Å². The number of anilines is 1. The standard InChI is InChI=1S/C20H18F2N4O3/c1-12-5-8-29-18(12)20(28)25-6-2-7-26-14(11-25)10-17(24-26)19(27)23-16-4-3-13(21)9-15(16)22/h3-5,8-10H,2,6-7,11H2,1H3,(H,23,27). The molecule has 29 heavy (non-hydrogen) atoms. The van der Waals surface area contributed by atoms with E-state index in [0.29, 0.717) is 37.0 Å². The summed E-state index contributed by atoms with van der Waals surface area (Å²) in [6.07, 6.45) is 2.13. The Morgan fingerprint density at radius 2 is 2.00 bits per heavy atom. The third-order valence-electron chi connectivity index (χ3n) is 4.77. The number of fused-ring (bicyclic) bond motifs is 1. The van der Waals surface area contributed by atoms with Crippen LogP contribution in [0.25, 0.3) is 0 Å². The lowest BCUT2D eigenvalue weighted by Gasteiger charge is -2.18. The lowest BCUT2D eigenvalue weighted by molar-refractivity contribution is 0.0712. The number of aryl methyl sites for hydroxylation is 2. The Bertz CT molecular complexity index is 1090. The van der Waals surface area contributed by atoms with E-state index in [9.17, 15) is 18.4 Å². The number of benzene rings is 1. The number of nitrogens with zero attached hydrogens (tertiary/aromatic N) is 3. The van der Waals surface area contributed by atoms with Gasteiger partial charge in [-0.05, 0) is 37.6 Å². The molecule has 4 rings (SSSR count). The molecule has 9 heteroatoms. The van der Waals surface area contributed by atoms with Crippen molar-refractivity contribution >= 4 is 17.5 Å². The van der Waals surface area contributed by atoms with Crippen molar-refractivity contribution in [3.8, 4) is 0 Å². The fourth-order valence-corrected chi connectivity index (χ4v) is 3.26. The molecular formula is C20H18F2N4O3.